The van der Waals surface area contributed by atoms with E-state index in [0.717, 1.165) is 30.5 Å². The molecule has 3 rings (SSSR count). The molecule has 6 heteroatoms. The number of hydrogen-bond acceptors (Lipinski definition) is 5. The molecule has 23 heavy (non-hydrogen) atoms. The van der Waals surface area contributed by atoms with E-state index in [1.54, 1.807) is 17.4 Å². The standard InChI is InChI=1S/C17H22N4OS/c1-21(2)13-6-7-14-15(9-13)23-17(19-14)20-16(22)12-5-3-4-11(8-12)10-18/h3-5,8,13H,6-7,9-10,18H2,1-2H3,(H,19,20,22). The molecule has 0 saturated heterocycles. The van der Waals surface area contributed by atoms with Gasteiger partial charge in [-0.1, -0.05) is 12.1 Å². The number of benzene rings is 1. The van der Waals surface area contributed by atoms with Crippen LogP contribution < -0.4 is 11.1 Å². The second-order valence-electron chi connectivity index (χ2n) is 6.11. The van der Waals surface area contributed by atoms with E-state index in [-0.39, 0.29) is 5.91 Å². The van der Waals surface area contributed by atoms with Gasteiger partial charge in [0.1, 0.15) is 0 Å². The average molecular weight is 330 g/mol. The van der Waals surface area contributed by atoms with Gasteiger partial charge in [-0.15, -0.1) is 11.3 Å². The van der Waals surface area contributed by atoms with E-state index in [2.05, 4.69) is 29.3 Å². The molecule has 1 amide bonds. The minimum absolute atomic E-state index is 0.129. The largest absolute Gasteiger partial charge is 0.326 e. The van der Waals surface area contributed by atoms with Crippen LogP contribution in [0.4, 0.5) is 5.13 Å². The first-order valence-electron chi connectivity index (χ1n) is 7.82. The SMILES string of the molecule is CN(C)C1CCc2nc(NC(=O)c3cccc(CN)c3)sc2C1. The van der Waals surface area contributed by atoms with Crippen molar-refractivity contribution in [2.75, 3.05) is 19.4 Å². The topological polar surface area (TPSA) is 71.2 Å². The number of aryl methyl sites for hydroxylation is 1. The summed E-state index contributed by atoms with van der Waals surface area (Å²) in [6, 6.07) is 7.95. The Morgan fingerprint density at radius 1 is 1.48 bits per heavy atom. The van der Waals surface area contributed by atoms with Crippen LogP contribution in [-0.2, 0) is 19.4 Å². The van der Waals surface area contributed by atoms with E-state index in [9.17, 15) is 4.79 Å². The van der Waals surface area contributed by atoms with Gasteiger partial charge in [0.15, 0.2) is 5.13 Å². The van der Waals surface area contributed by atoms with E-state index in [4.69, 9.17) is 5.73 Å². The Hall–Kier alpha value is -1.76. The second-order valence-corrected chi connectivity index (χ2v) is 7.19. The zero-order valence-corrected chi connectivity index (χ0v) is 14.3. The van der Waals surface area contributed by atoms with Crippen LogP contribution in [-0.4, -0.2) is 35.9 Å². The van der Waals surface area contributed by atoms with Crippen molar-refractivity contribution in [2.45, 2.75) is 31.8 Å². The molecular formula is C17H22N4OS. The zero-order valence-electron chi connectivity index (χ0n) is 13.5. The van der Waals surface area contributed by atoms with E-state index in [1.807, 2.05) is 18.2 Å². The summed E-state index contributed by atoms with van der Waals surface area (Å²) in [7, 11) is 4.23. The van der Waals surface area contributed by atoms with Gasteiger partial charge in [-0.3, -0.25) is 10.1 Å². The molecule has 3 N–H and O–H groups in total. The third kappa shape index (κ3) is 3.60. The first kappa shape index (κ1) is 16.1. The lowest BCUT2D eigenvalue weighted by atomic mass is 9.97. The first-order valence-corrected chi connectivity index (χ1v) is 8.64. The summed E-state index contributed by atoms with van der Waals surface area (Å²) in [5, 5.41) is 3.62. The summed E-state index contributed by atoms with van der Waals surface area (Å²) in [6.07, 6.45) is 3.11. The van der Waals surface area contributed by atoms with Crippen LogP contribution in [0, 0.1) is 0 Å². The number of nitrogens with zero attached hydrogens (tertiary/aromatic N) is 2. The van der Waals surface area contributed by atoms with Gasteiger partial charge in [-0.25, -0.2) is 4.98 Å². The van der Waals surface area contributed by atoms with E-state index < -0.39 is 0 Å². The summed E-state index contributed by atoms with van der Waals surface area (Å²) < 4.78 is 0. The van der Waals surface area contributed by atoms with Gasteiger partial charge < -0.3 is 10.6 Å². The lowest BCUT2D eigenvalue weighted by molar-refractivity contribution is 0.102. The molecule has 1 aromatic carbocycles. The van der Waals surface area contributed by atoms with E-state index in [1.165, 1.54) is 4.88 Å². The van der Waals surface area contributed by atoms with Crippen molar-refractivity contribution in [2.24, 2.45) is 5.73 Å². The number of nitrogens with one attached hydrogen (secondary N) is 1. The molecule has 0 fully saturated rings. The number of rotatable bonds is 4. The number of aromatic nitrogens is 1. The smallest absolute Gasteiger partial charge is 0.257 e. The fraction of sp³-hybridized carbons (Fsp3) is 0.412. The van der Waals surface area contributed by atoms with Gasteiger partial charge in [-0.2, -0.15) is 0 Å². The van der Waals surface area contributed by atoms with Crippen LogP contribution >= 0.6 is 11.3 Å². The molecule has 1 aromatic heterocycles. The summed E-state index contributed by atoms with van der Waals surface area (Å²) in [6.45, 7) is 0.429. The summed E-state index contributed by atoms with van der Waals surface area (Å²) in [5.74, 6) is -0.129. The van der Waals surface area contributed by atoms with E-state index >= 15 is 0 Å². The summed E-state index contributed by atoms with van der Waals surface area (Å²) in [5.41, 5.74) is 8.33. The van der Waals surface area contributed by atoms with Gasteiger partial charge in [0.25, 0.3) is 5.91 Å². The molecule has 1 atom stereocenters. The number of anilines is 1. The number of nitrogens with two attached hydrogens (primary N) is 1. The second kappa shape index (κ2) is 6.78. The Labute approximate surface area is 140 Å². The Balaban J connectivity index is 1.73. The average Bonchev–Trinajstić information content (AvgIpc) is 2.96. The summed E-state index contributed by atoms with van der Waals surface area (Å²) >= 11 is 1.60. The van der Waals surface area contributed by atoms with Crippen molar-refractivity contribution < 1.29 is 4.79 Å². The van der Waals surface area contributed by atoms with Gasteiger partial charge in [0.05, 0.1) is 5.69 Å². The third-order valence-electron chi connectivity index (χ3n) is 4.29. The predicted octanol–water partition coefficient (Wildman–Crippen LogP) is 2.27. The molecule has 0 radical (unpaired) electrons. The highest BCUT2D eigenvalue weighted by molar-refractivity contribution is 7.15. The van der Waals surface area contributed by atoms with Gasteiger partial charge in [0.2, 0.25) is 0 Å². The number of likely N-dealkylation sites (N-methyl/N-ethyl adjacent to an activating group) is 1. The van der Waals surface area contributed by atoms with Crippen LogP contribution in [0.5, 0.6) is 0 Å². The van der Waals surface area contributed by atoms with Crippen LogP contribution in [0.1, 0.15) is 32.9 Å². The molecule has 0 aliphatic heterocycles. The molecule has 1 aliphatic rings. The Kier molecular flexibility index (Phi) is 4.75. The lowest BCUT2D eigenvalue weighted by Gasteiger charge is -2.27. The first-order chi connectivity index (χ1) is 11.1. The molecule has 0 bridgehead atoms. The maximum absolute atomic E-state index is 12.4. The maximum atomic E-state index is 12.4. The molecule has 0 saturated carbocycles. The van der Waals surface area contributed by atoms with Crippen LogP contribution in [0.15, 0.2) is 24.3 Å². The van der Waals surface area contributed by atoms with Gasteiger partial charge in [0, 0.05) is 23.0 Å². The third-order valence-corrected chi connectivity index (χ3v) is 5.32. The highest BCUT2D eigenvalue weighted by Gasteiger charge is 2.24. The minimum Gasteiger partial charge on any atom is -0.326 e. The zero-order chi connectivity index (χ0) is 16.4. The molecule has 2 aromatic rings. The fourth-order valence-electron chi connectivity index (χ4n) is 2.86. The minimum atomic E-state index is -0.129. The molecule has 5 nitrogen and oxygen atoms in total. The van der Waals surface area contributed by atoms with Crippen LogP contribution in [0.25, 0.3) is 0 Å². The van der Waals surface area contributed by atoms with Crippen molar-refractivity contribution in [3.8, 4) is 0 Å². The maximum Gasteiger partial charge on any atom is 0.257 e. The predicted molar refractivity (Wildman–Crippen MR) is 93.9 cm³/mol. The van der Waals surface area contributed by atoms with E-state index in [0.29, 0.717) is 23.3 Å². The van der Waals surface area contributed by atoms with Crippen molar-refractivity contribution in [3.05, 3.63) is 46.0 Å². The Bertz CT molecular complexity index is 710. The Morgan fingerprint density at radius 2 is 2.30 bits per heavy atom. The fourth-order valence-corrected chi connectivity index (χ4v) is 3.93. The molecule has 1 unspecified atom stereocenters. The van der Waals surface area contributed by atoms with Gasteiger partial charge in [-0.05, 0) is 51.1 Å². The number of carbonyl (C=O) groups excluding carboxylic acids is 1. The van der Waals surface area contributed by atoms with Gasteiger partial charge >= 0.3 is 0 Å². The molecule has 122 valence electrons. The van der Waals surface area contributed by atoms with Crippen LogP contribution in [0.2, 0.25) is 0 Å². The monoisotopic (exact) mass is 330 g/mol. The Morgan fingerprint density at radius 3 is 3.04 bits per heavy atom. The van der Waals surface area contributed by atoms with Crippen molar-refractivity contribution >= 4 is 22.4 Å². The normalized spacial score (nSPS) is 17.1. The van der Waals surface area contributed by atoms with Crippen molar-refractivity contribution in [1.82, 2.24) is 9.88 Å². The van der Waals surface area contributed by atoms with Crippen molar-refractivity contribution in [1.29, 1.82) is 0 Å². The van der Waals surface area contributed by atoms with Crippen LogP contribution in [0.3, 0.4) is 0 Å². The number of amides is 1. The van der Waals surface area contributed by atoms with Crippen molar-refractivity contribution in [3.63, 3.8) is 0 Å². The summed E-state index contributed by atoms with van der Waals surface area (Å²) in [4.78, 5) is 20.5. The highest BCUT2D eigenvalue weighted by Crippen LogP contribution is 2.31. The molecule has 1 aliphatic carbocycles. The number of thiazole rings is 1. The molecular weight excluding hydrogens is 308 g/mol. The lowest BCUT2D eigenvalue weighted by Crippen LogP contribution is -2.32. The number of hydrogen-bond donors (Lipinski definition) is 2. The number of fused-ring (bicyclic) bond motifs is 1. The quantitative estimate of drug-likeness (QED) is 0.902. The highest BCUT2D eigenvalue weighted by atomic mass is 32.1. The molecule has 1 heterocycles. The number of carbonyl (C=O) groups is 1. The molecule has 0 spiro atoms.